The van der Waals surface area contributed by atoms with E-state index in [0.717, 1.165) is 50.5 Å². The van der Waals surface area contributed by atoms with Crippen LogP contribution in [-0.2, 0) is 16.0 Å². The van der Waals surface area contributed by atoms with Gasteiger partial charge in [0.25, 0.3) is 0 Å². The molecule has 7 nitrogen and oxygen atoms in total. The maximum absolute atomic E-state index is 5.82. The highest BCUT2D eigenvalue weighted by atomic mass is 16.5. The van der Waals surface area contributed by atoms with Gasteiger partial charge in [0.15, 0.2) is 5.96 Å². The van der Waals surface area contributed by atoms with E-state index in [2.05, 4.69) is 27.1 Å². The third-order valence-electron chi connectivity index (χ3n) is 4.61. The number of likely N-dealkylation sites (tertiary alicyclic amines) is 1. The number of pyridine rings is 1. The predicted octanol–water partition coefficient (Wildman–Crippen LogP) is 2.32. The lowest BCUT2D eigenvalue weighted by molar-refractivity contribution is 0.0536. The first-order valence-corrected chi connectivity index (χ1v) is 9.87. The van der Waals surface area contributed by atoms with Crippen molar-refractivity contribution in [2.45, 2.75) is 32.7 Å². The van der Waals surface area contributed by atoms with Gasteiger partial charge in [-0.25, -0.2) is 4.98 Å². The van der Waals surface area contributed by atoms with Crippen molar-refractivity contribution in [2.24, 2.45) is 10.9 Å². The summed E-state index contributed by atoms with van der Waals surface area (Å²) in [5.74, 6) is 2.16. The Morgan fingerprint density at radius 3 is 3.04 bits per heavy atom. The van der Waals surface area contributed by atoms with E-state index >= 15 is 0 Å². The number of hydrogen-bond donors (Lipinski definition) is 1. The molecule has 1 aromatic rings. The van der Waals surface area contributed by atoms with Crippen molar-refractivity contribution in [3.8, 4) is 5.88 Å². The molecule has 1 atom stereocenters. The van der Waals surface area contributed by atoms with E-state index in [0.29, 0.717) is 38.2 Å². The second-order valence-electron chi connectivity index (χ2n) is 6.74. The number of unbranched alkanes of at least 4 members (excludes halogenated alkanes) is 1. The van der Waals surface area contributed by atoms with E-state index in [1.54, 1.807) is 13.3 Å². The average molecular weight is 379 g/mol. The third-order valence-corrected chi connectivity index (χ3v) is 4.61. The zero-order valence-electron chi connectivity index (χ0n) is 16.9. The van der Waals surface area contributed by atoms with Crippen LogP contribution in [-0.4, -0.2) is 69.5 Å². The molecular formula is C20H34N4O3. The molecule has 1 aliphatic rings. The molecular weight excluding hydrogens is 344 g/mol. The Morgan fingerprint density at radius 1 is 1.37 bits per heavy atom. The molecule has 152 valence electrons. The first-order valence-electron chi connectivity index (χ1n) is 9.87. The number of guanidine groups is 1. The standard InChI is InChI=1S/C20H34N4O3/c1-4-5-11-27-19-18(7-6-9-22-19)14-23-20(21-2)24-10-8-17(15-24)16-26-13-12-25-3/h6-7,9,17H,4-5,8,10-16H2,1-3H3,(H,21,23). The fraction of sp³-hybridized carbons (Fsp3) is 0.700. The zero-order chi connectivity index (χ0) is 19.3. The van der Waals surface area contributed by atoms with E-state index < -0.39 is 0 Å². The number of methoxy groups -OCH3 is 1. The molecule has 0 amide bonds. The third kappa shape index (κ3) is 7.34. The van der Waals surface area contributed by atoms with E-state index in [4.69, 9.17) is 14.2 Å². The number of nitrogens with zero attached hydrogens (tertiary/aromatic N) is 3. The van der Waals surface area contributed by atoms with Crippen LogP contribution in [0.15, 0.2) is 23.3 Å². The smallest absolute Gasteiger partial charge is 0.218 e. The van der Waals surface area contributed by atoms with Gasteiger partial charge in [0.2, 0.25) is 5.88 Å². The predicted molar refractivity (Wildman–Crippen MR) is 107 cm³/mol. The molecule has 27 heavy (non-hydrogen) atoms. The molecule has 1 unspecified atom stereocenters. The van der Waals surface area contributed by atoms with Gasteiger partial charge in [0, 0.05) is 51.5 Å². The number of ether oxygens (including phenoxy) is 3. The monoisotopic (exact) mass is 378 g/mol. The summed E-state index contributed by atoms with van der Waals surface area (Å²) in [6, 6.07) is 3.99. The van der Waals surface area contributed by atoms with Crippen molar-refractivity contribution in [3.05, 3.63) is 23.9 Å². The Morgan fingerprint density at radius 2 is 2.26 bits per heavy atom. The molecule has 0 saturated carbocycles. The largest absolute Gasteiger partial charge is 0.477 e. The van der Waals surface area contributed by atoms with Crippen LogP contribution in [0, 0.1) is 5.92 Å². The van der Waals surface area contributed by atoms with Crippen LogP contribution < -0.4 is 10.1 Å². The van der Waals surface area contributed by atoms with Crippen molar-refractivity contribution >= 4 is 5.96 Å². The van der Waals surface area contributed by atoms with Gasteiger partial charge in [0.1, 0.15) is 0 Å². The number of aliphatic imine (C=N–C) groups is 1. The van der Waals surface area contributed by atoms with E-state index in [1.165, 1.54) is 0 Å². The molecule has 1 N–H and O–H groups in total. The van der Waals surface area contributed by atoms with Crippen LogP contribution in [0.5, 0.6) is 5.88 Å². The van der Waals surface area contributed by atoms with Gasteiger partial charge >= 0.3 is 0 Å². The van der Waals surface area contributed by atoms with Gasteiger partial charge in [-0.15, -0.1) is 0 Å². The summed E-state index contributed by atoms with van der Waals surface area (Å²) >= 11 is 0. The summed E-state index contributed by atoms with van der Waals surface area (Å²) in [5.41, 5.74) is 1.05. The summed E-state index contributed by atoms with van der Waals surface area (Å²) in [6.45, 7) is 7.52. The molecule has 1 aromatic heterocycles. The summed E-state index contributed by atoms with van der Waals surface area (Å²) < 4.78 is 16.5. The van der Waals surface area contributed by atoms with Crippen molar-refractivity contribution < 1.29 is 14.2 Å². The Balaban J connectivity index is 1.81. The van der Waals surface area contributed by atoms with Crippen LogP contribution in [0.3, 0.4) is 0 Å². The quantitative estimate of drug-likeness (QED) is 0.362. The lowest BCUT2D eigenvalue weighted by atomic mass is 10.1. The fourth-order valence-electron chi connectivity index (χ4n) is 3.06. The molecule has 0 spiro atoms. The normalized spacial score (nSPS) is 17.4. The van der Waals surface area contributed by atoms with Gasteiger partial charge < -0.3 is 24.4 Å². The van der Waals surface area contributed by atoms with Crippen molar-refractivity contribution in [3.63, 3.8) is 0 Å². The second-order valence-corrected chi connectivity index (χ2v) is 6.74. The number of hydrogen-bond acceptors (Lipinski definition) is 5. The highest BCUT2D eigenvalue weighted by Crippen LogP contribution is 2.18. The van der Waals surface area contributed by atoms with Crippen LogP contribution in [0.25, 0.3) is 0 Å². The minimum atomic E-state index is 0.534. The van der Waals surface area contributed by atoms with Gasteiger partial charge in [-0.3, -0.25) is 4.99 Å². The van der Waals surface area contributed by atoms with Gasteiger partial charge in [0.05, 0.1) is 26.4 Å². The molecule has 7 heteroatoms. The van der Waals surface area contributed by atoms with Gasteiger partial charge in [-0.05, 0) is 18.9 Å². The Hall–Kier alpha value is -1.86. The summed E-state index contributed by atoms with van der Waals surface area (Å²) in [7, 11) is 3.52. The minimum absolute atomic E-state index is 0.534. The zero-order valence-corrected chi connectivity index (χ0v) is 16.9. The summed E-state index contributed by atoms with van der Waals surface area (Å²) in [6.07, 6.45) is 5.03. The molecule has 0 bridgehead atoms. The van der Waals surface area contributed by atoms with Crippen LogP contribution in [0.4, 0.5) is 0 Å². The fourth-order valence-corrected chi connectivity index (χ4v) is 3.06. The molecule has 1 aliphatic heterocycles. The first-order chi connectivity index (χ1) is 13.3. The van der Waals surface area contributed by atoms with Crippen LogP contribution in [0.2, 0.25) is 0 Å². The summed E-state index contributed by atoms with van der Waals surface area (Å²) in [5, 5.41) is 3.45. The highest BCUT2D eigenvalue weighted by molar-refractivity contribution is 5.80. The maximum Gasteiger partial charge on any atom is 0.218 e. The molecule has 1 fully saturated rings. The summed E-state index contributed by atoms with van der Waals surface area (Å²) in [4.78, 5) is 11.1. The molecule has 1 saturated heterocycles. The number of rotatable bonds is 11. The van der Waals surface area contributed by atoms with Gasteiger partial charge in [-0.2, -0.15) is 0 Å². The topological polar surface area (TPSA) is 68.2 Å². The van der Waals surface area contributed by atoms with Crippen LogP contribution >= 0.6 is 0 Å². The number of aromatic nitrogens is 1. The lowest BCUT2D eigenvalue weighted by Crippen LogP contribution is -2.40. The highest BCUT2D eigenvalue weighted by Gasteiger charge is 2.25. The van der Waals surface area contributed by atoms with Crippen molar-refractivity contribution in [1.29, 1.82) is 0 Å². The SMILES string of the molecule is CCCCOc1ncccc1CNC(=NC)N1CCC(COCCOC)C1. The minimum Gasteiger partial charge on any atom is -0.477 e. The Labute approximate surface area is 163 Å². The molecule has 0 radical (unpaired) electrons. The second kappa shape index (κ2) is 12.5. The lowest BCUT2D eigenvalue weighted by Gasteiger charge is -2.22. The molecule has 2 rings (SSSR count). The van der Waals surface area contributed by atoms with E-state index in [-0.39, 0.29) is 0 Å². The number of nitrogens with one attached hydrogen (secondary N) is 1. The van der Waals surface area contributed by atoms with E-state index in [9.17, 15) is 0 Å². The Kier molecular flexibility index (Phi) is 9.94. The molecule has 2 heterocycles. The van der Waals surface area contributed by atoms with Crippen molar-refractivity contribution in [1.82, 2.24) is 15.2 Å². The maximum atomic E-state index is 5.82. The van der Waals surface area contributed by atoms with Crippen LogP contribution in [0.1, 0.15) is 31.7 Å². The van der Waals surface area contributed by atoms with E-state index in [1.807, 2.05) is 19.2 Å². The first kappa shape index (κ1) is 21.4. The average Bonchev–Trinajstić information content (AvgIpc) is 3.16. The molecule has 0 aromatic carbocycles. The van der Waals surface area contributed by atoms with Gasteiger partial charge in [-0.1, -0.05) is 19.4 Å². The van der Waals surface area contributed by atoms with Crippen molar-refractivity contribution in [2.75, 3.05) is 53.7 Å². The molecule has 0 aliphatic carbocycles. The Bertz CT molecular complexity index is 568.